The summed E-state index contributed by atoms with van der Waals surface area (Å²) in [6, 6.07) is 5.52. The lowest BCUT2D eigenvalue weighted by atomic mass is 10.5. The van der Waals surface area contributed by atoms with Crippen LogP contribution >= 0.6 is 0 Å². The quantitative estimate of drug-likeness (QED) is 0.502. The summed E-state index contributed by atoms with van der Waals surface area (Å²) in [4.78, 5) is 19.5. The molecule has 0 N–H and O–H groups in total. The summed E-state index contributed by atoms with van der Waals surface area (Å²) in [5.41, 5.74) is 0. The molecule has 0 atom stereocenters. The molecule has 13 heavy (non-hydrogen) atoms. The molecule has 4 heteroatoms. The fourth-order valence-electron chi connectivity index (χ4n) is 0.609. The third-order valence-electron chi connectivity index (χ3n) is 1.08. The van der Waals surface area contributed by atoms with Gasteiger partial charge in [-0.15, -0.1) is 4.57 Å². The van der Waals surface area contributed by atoms with Gasteiger partial charge in [0.25, 0.3) is 0 Å². The first kappa shape index (κ1) is 11.3. The average molecular weight is 181 g/mol. The molecule has 0 saturated carbocycles. The van der Waals surface area contributed by atoms with Crippen LogP contribution in [0, 0.1) is 0 Å². The van der Waals surface area contributed by atoms with Gasteiger partial charge in [-0.1, -0.05) is 6.07 Å². The standard InChI is InChI=1S/C7H8NO.C2H4O2/c1-7(9)8-5-3-2-4-6-8;1-2(3)4/h2-6H,1H3;1H3,(H,3,4)/q+1;/p-1. The Morgan fingerprint density at radius 3 is 1.69 bits per heavy atom. The molecule has 1 aromatic heterocycles. The van der Waals surface area contributed by atoms with Gasteiger partial charge in [-0.2, -0.15) is 0 Å². The molecule has 0 radical (unpaired) electrons. The van der Waals surface area contributed by atoms with E-state index >= 15 is 0 Å². The van der Waals surface area contributed by atoms with E-state index in [9.17, 15) is 4.79 Å². The number of carboxylic acids is 1. The van der Waals surface area contributed by atoms with Gasteiger partial charge in [0.2, 0.25) is 0 Å². The van der Waals surface area contributed by atoms with Crippen LogP contribution in [-0.2, 0) is 4.79 Å². The van der Waals surface area contributed by atoms with Crippen LogP contribution in [0.5, 0.6) is 0 Å². The third-order valence-corrected chi connectivity index (χ3v) is 1.08. The topological polar surface area (TPSA) is 61.1 Å². The minimum atomic E-state index is -1.08. The third kappa shape index (κ3) is 6.68. The highest BCUT2D eigenvalue weighted by Crippen LogP contribution is 1.75. The lowest BCUT2D eigenvalue weighted by Crippen LogP contribution is -2.38. The first-order valence-corrected chi connectivity index (χ1v) is 3.69. The fourth-order valence-corrected chi connectivity index (χ4v) is 0.609. The highest BCUT2D eigenvalue weighted by Gasteiger charge is 2.01. The van der Waals surface area contributed by atoms with E-state index in [1.54, 1.807) is 12.4 Å². The van der Waals surface area contributed by atoms with E-state index in [0.29, 0.717) is 0 Å². The second-order valence-corrected chi connectivity index (χ2v) is 2.29. The van der Waals surface area contributed by atoms with E-state index in [0.717, 1.165) is 6.92 Å². The van der Waals surface area contributed by atoms with Gasteiger partial charge in [0, 0.05) is 18.1 Å². The number of pyridine rings is 1. The molecule has 0 unspecified atom stereocenters. The number of aliphatic carboxylic acids is 1. The van der Waals surface area contributed by atoms with Crippen molar-refractivity contribution in [2.75, 3.05) is 0 Å². The van der Waals surface area contributed by atoms with Crippen molar-refractivity contribution in [1.82, 2.24) is 0 Å². The maximum Gasteiger partial charge on any atom is 0.389 e. The molecule has 0 spiro atoms. The van der Waals surface area contributed by atoms with Gasteiger partial charge in [0.15, 0.2) is 12.4 Å². The number of carbonyl (C=O) groups is 2. The number of hydrogen-bond acceptors (Lipinski definition) is 3. The van der Waals surface area contributed by atoms with Gasteiger partial charge in [-0.25, -0.2) is 4.79 Å². The summed E-state index contributed by atoms with van der Waals surface area (Å²) >= 11 is 0. The molecule has 0 aromatic carbocycles. The minimum Gasteiger partial charge on any atom is -0.550 e. The second kappa shape index (κ2) is 5.88. The number of carbonyl (C=O) groups excluding carboxylic acids is 2. The molecule has 70 valence electrons. The Labute approximate surface area is 76.4 Å². The summed E-state index contributed by atoms with van der Waals surface area (Å²) in [6.07, 6.45) is 3.45. The highest BCUT2D eigenvalue weighted by atomic mass is 16.4. The summed E-state index contributed by atoms with van der Waals surface area (Å²) < 4.78 is 1.53. The van der Waals surface area contributed by atoms with Gasteiger partial charge in [0.05, 0.1) is 6.92 Å². The van der Waals surface area contributed by atoms with Crippen LogP contribution in [0.4, 0.5) is 0 Å². The van der Waals surface area contributed by atoms with E-state index in [2.05, 4.69) is 0 Å². The number of hydrogen-bond donors (Lipinski definition) is 0. The number of rotatable bonds is 0. The van der Waals surface area contributed by atoms with Gasteiger partial charge in [-0.3, -0.25) is 0 Å². The Bertz CT molecular complexity index is 278. The van der Waals surface area contributed by atoms with Crippen molar-refractivity contribution in [2.24, 2.45) is 0 Å². The van der Waals surface area contributed by atoms with Crippen LogP contribution in [-0.4, -0.2) is 11.9 Å². The second-order valence-electron chi connectivity index (χ2n) is 2.29. The molecule has 4 nitrogen and oxygen atoms in total. The zero-order chi connectivity index (χ0) is 10.3. The molecule has 0 saturated heterocycles. The average Bonchev–Trinajstić information content (AvgIpc) is 2.05. The van der Waals surface area contributed by atoms with E-state index in [1.165, 1.54) is 11.5 Å². The Kier molecular flexibility index (Phi) is 5.11. The monoisotopic (exact) mass is 181 g/mol. The molecule has 1 aromatic rings. The van der Waals surface area contributed by atoms with Crippen molar-refractivity contribution in [2.45, 2.75) is 13.8 Å². The maximum absolute atomic E-state index is 10.6. The summed E-state index contributed by atoms with van der Waals surface area (Å²) in [5, 5.41) is 8.89. The number of carboxylic acid groups (broad SMARTS) is 1. The zero-order valence-corrected chi connectivity index (χ0v) is 7.56. The van der Waals surface area contributed by atoms with Gasteiger partial charge < -0.3 is 9.90 Å². The zero-order valence-electron chi connectivity index (χ0n) is 7.56. The number of aromatic nitrogens is 1. The molecule has 1 rings (SSSR count). The van der Waals surface area contributed by atoms with Crippen LogP contribution in [0.15, 0.2) is 30.6 Å². The van der Waals surface area contributed by atoms with Crippen molar-refractivity contribution >= 4 is 11.9 Å². The predicted molar refractivity (Wildman–Crippen MR) is 43.6 cm³/mol. The lowest BCUT2D eigenvalue weighted by molar-refractivity contribution is -0.572. The molecule has 1 heterocycles. The largest absolute Gasteiger partial charge is 0.550 e. The maximum atomic E-state index is 10.6. The van der Waals surface area contributed by atoms with Gasteiger partial charge in [-0.05, 0) is 6.92 Å². The number of nitrogens with zero attached hydrogens (tertiary/aromatic N) is 1. The Balaban J connectivity index is 0.000000310. The molecular weight excluding hydrogens is 170 g/mol. The Hall–Kier alpha value is -1.71. The highest BCUT2D eigenvalue weighted by molar-refractivity contribution is 5.62. The van der Waals surface area contributed by atoms with Crippen LogP contribution in [0.25, 0.3) is 0 Å². The predicted octanol–water partition coefficient (Wildman–Crippen LogP) is -0.610. The molecule has 0 bridgehead atoms. The van der Waals surface area contributed by atoms with E-state index in [-0.39, 0.29) is 5.91 Å². The molecule has 0 aliphatic heterocycles. The molecule has 0 amide bonds. The lowest BCUT2D eigenvalue weighted by Gasteiger charge is -1.83. The molecular formula is C9H11NO3. The molecule has 0 aliphatic rings. The van der Waals surface area contributed by atoms with Gasteiger partial charge in [0.1, 0.15) is 0 Å². The summed E-state index contributed by atoms with van der Waals surface area (Å²) in [7, 11) is 0. The first-order chi connectivity index (χ1) is 6.04. The Morgan fingerprint density at radius 1 is 1.08 bits per heavy atom. The minimum absolute atomic E-state index is 0.0376. The van der Waals surface area contributed by atoms with E-state index in [1.807, 2.05) is 18.2 Å². The van der Waals surface area contributed by atoms with Crippen LogP contribution in [0.3, 0.4) is 0 Å². The fraction of sp³-hybridized carbons (Fsp3) is 0.222. The smallest absolute Gasteiger partial charge is 0.389 e. The summed E-state index contributed by atoms with van der Waals surface area (Å²) in [6.45, 7) is 2.50. The first-order valence-electron chi connectivity index (χ1n) is 3.69. The Morgan fingerprint density at radius 2 is 1.46 bits per heavy atom. The van der Waals surface area contributed by atoms with Crippen LogP contribution < -0.4 is 9.67 Å². The van der Waals surface area contributed by atoms with Gasteiger partial charge >= 0.3 is 5.91 Å². The normalized spacial score (nSPS) is 8.15. The molecule has 0 fully saturated rings. The van der Waals surface area contributed by atoms with E-state index < -0.39 is 5.97 Å². The van der Waals surface area contributed by atoms with Crippen molar-refractivity contribution < 1.29 is 19.3 Å². The van der Waals surface area contributed by atoms with Crippen LogP contribution in [0.1, 0.15) is 18.6 Å². The van der Waals surface area contributed by atoms with Crippen molar-refractivity contribution in [1.29, 1.82) is 0 Å². The van der Waals surface area contributed by atoms with Crippen molar-refractivity contribution in [3.05, 3.63) is 30.6 Å². The molecule has 0 aliphatic carbocycles. The van der Waals surface area contributed by atoms with Crippen molar-refractivity contribution in [3.8, 4) is 0 Å². The summed E-state index contributed by atoms with van der Waals surface area (Å²) in [5.74, 6) is -1.05. The SMILES string of the molecule is CC(=O)[O-].CC(=O)[n+]1ccccc1. The van der Waals surface area contributed by atoms with Crippen molar-refractivity contribution in [3.63, 3.8) is 0 Å². The van der Waals surface area contributed by atoms with Crippen LogP contribution in [0.2, 0.25) is 0 Å². The van der Waals surface area contributed by atoms with E-state index in [4.69, 9.17) is 9.90 Å².